The highest BCUT2D eigenvalue weighted by molar-refractivity contribution is 6.52. The molecule has 6 heteroatoms. The minimum Gasteiger partial charge on any atom is -0.299 e. The molecule has 2 aromatic rings. The summed E-state index contributed by atoms with van der Waals surface area (Å²) >= 11 is 0. The fourth-order valence-electron chi connectivity index (χ4n) is 2.03. The van der Waals surface area contributed by atoms with Crippen molar-refractivity contribution in [3.63, 3.8) is 0 Å². The van der Waals surface area contributed by atoms with Gasteiger partial charge in [0.2, 0.25) is 0 Å². The number of carbonyl (C=O) groups is 2. The molecule has 0 fully saturated rings. The van der Waals surface area contributed by atoms with E-state index in [1.165, 1.54) is 4.90 Å². The maximum absolute atomic E-state index is 11.9. The van der Waals surface area contributed by atoms with E-state index in [1.54, 1.807) is 42.2 Å². The Bertz CT molecular complexity index is 647. The Morgan fingerprint density at radius 1 is 1.22 bits per heavy atom. The first kappa shape index (κ1) is 10.6. The molecule has 2 heterocycles. The number of carbonyl (C=O) groups excluding carboxylic acids is 2. The van der Waals surface area contributed by atoms with Gasteiger partial charge in [0.1, 0.15) is 5.69 Å². The molecule has 18 heavy (non-hydrogen) atoms. The summed E-state index contributed by atoms with van der Waals surface area (Å²) in [7, 11) is 1.75. The standard InChI is InChI=1S/C12H10N4O2/c1-15-6-8(13-14-15)7-16-10-5-3-2-4-9(10)11(17)12(16)18/h2-6H,7H2,1H3. The Labute approximate surface area is 103 Å². The second-order valence-electron chi connectivity index (χ2n) is 4.12. The highest BCUT2D eigenvalue weighted by Gasteiger charge is 2.35. The van der Waals surface area contributed by atoms with Crippen molar-refractivity contribution >= 4 is 17.4 Å². The van der Waals surface area contributed by atoms with Crippen LogP contribution in [0.3, 0.4) is 0 Å². The molecule has 0 saturated carbocycles. The number of ketones is 1. The largest absolute Gasteiger partial charge is 0.299 e. The van der Waals surface area contributed by atoms with Crippen LogP contribution < -0.4 is 4.90 Å². The highest BCUT2D eigenvalue weighted by atomic mass is 16.2. The molecule has 1 aliphatic heterocycles. The molecule has 0 spiro atoms. The maximum atomic E-state index is 11.9. The minimum absolute atomic E-state index is 0.259. The average Bonchev–Trinajstić information content (AvgIpc) is 2.88. The Hall–Kier alpha value is -2.50. The van der Waals surface area contributed by atoms with E-state index in [0.29, 0.717) is 16.9 Å². The first-order valence-corrected chi connectivity index (χ1v) is 5.47. The molecular weight excluding hydrogens is 232 g/mol. The van der Waals surface area contributed by atoms with Crippen molar-refractivity contribution in [2.45, 2.75) is 6.54 Å². The highest BCUT2D eigenvalue weighted by Crippen LogP contribution is 2.29. The fourth-order valence-corrected chi connectivity index (χ4v) is 2.03. The van der Waals surface area contributed by atoms with Gasteiger partial charge >= 0.3 is 0 Å². The summed E-state index contributed by atoms with van der Waals surface area (Å²) in [5.41, 5.74) is 1.74. The lowest BCUT2D eigenvalue weighted by Crippen LogP contribution is -2.29. The van der Waals surface area contributed by atoms with Gasteiger partial charge in [-0.15, -0.1) is 5.10 Å². The Morgan fingerprint density at radius 2 is 2.00 bits per heavy atom. The molecular formula is C12H10N4O2. The number of Topliss-reactive ketones (excluding diaryl/α,β-unsaturated/α-hetero) is 1. The maximum Gasteiger partial charge on any atom is 0.299 e. The van der Waals surface area contributed by atoms with Crippen LogP contribution in [0.5, 0.6) is 0 Å². The molecule has 1 aromatic carbocycles. The minimum atomic E-state index is -0.512. The molecule has 0 unspecified atom stereocenters. The summed E-state index contributed by atoms with van der Waals surface area (Å²) in [5.74, 6) is -0.976. The first-order chi connectivity index (χ1) is 8.66. The Kier molecular flexibility index (Phi) is 2.22. The van der Waals surface area contributed by atoms with Crippen LogP contribution >= 0.6 is 0 Å². The lowest BCUT2D eigenvalue weighted by Gasteiger charge is -2.14. The van der Waals surface area contributed by atoms with Crippen LogP contribution in [-0.4, -0.2) is 26.7 Å². The van der Waals surface area contributed by atoms with Crippen LogP contribution in [-0.2, 0) is 18.4 Å². The van der Waals surface area contributed by atoms with E-state index in [2.05, 4.69) is 10.3 Å². The van der Waals surface area contributed by atoms with Gasteiger partial charge in [-0.2, -0.15) is 0 Å². The van der Waals surface area contributed by atoms with Gasteiger partial charge in [-0.25, -0.2) is 0 Å². The second-order valence-corrected chi connectivity index (χ2v) is 4.12. The first-order valence-electron chi connectivity index (χ1n) is 5.47. The molecule has 1 aliphatic rings. The third-order valence-corrected chi connectivity index (χ3v) is 2.85. The number of aryl methyl sites for hydroxylation is 1. The van der Waals surface area contributed by atoms with Gasteiger partial charge in [-0.3, -0.25) is 19.2 Å². The molecule has 1 amide bonds. The van der Waals surface area contributed by atoms with E-state index >= 15 is 0 Å². The number of anilines is 1. The quantitative estimate of drug-likeness (QED) is 0.721. The summed E-state index contributed by atoms with van der Waals surface area (Å²) in [6.07, 6.45) is 1.72. The van der Waals surface area contributed by atoms with Crippen molar-refractivity contribution in [3.8, 4) is 0 Å². The predicted molar refractivity (Wildman–Crippen MR) is 63.0 cm³/mol. The molecule has 0 saturated heterocycles. The molecule has 90 valence electrons. The normalized spacial score (nSPS) is 14.2. The Balaban J connectivity index is 1.98. The van der Waals surface area contributed by atoms with Crippen molar-refractivity contribution in [1.29, 1.82) is 0 Å². The van der Waals surface area contributed by atoms with E-state index in [4.69, 9.17) is 0 Å². The van der Waals surface area contributed by atoms with Gasteiger partial charge < -0.3 is 0 Å². The molecule has 1 aromatic heterocycles. The molecule has 0 aliphatic carbocycles. The van der Waals surface area contributed by atoms with Crippen molar-refractivity contribution in [2.24, 2.45) is 7.05 Å². The molecule has 0 N–H and O–H groups in total. The summed E-state index contributed by atoms with van der Waals surface area (Å²) in [6, 6.07) is 6.96. The average molecular weight is 242 g/mol. The van der Waals surface area contributed by atoms with Gasteiger partial charge in [0, 0.05) is 13.2 Å². The van der Waals surface area contributed by atoms with E-state index < -0.39 is 11.7 Å². The Morgan fingerprint density at radius 3 is 2.72 bits per heavy atom. The summed E-state index contributed by atoms with van der Waals surface area (Å²) in [5, 5.41) is 7.72. The van der Waals surface area contributed by atoms with Crippen molar-refractivity contribution in [2.75, 3.05) is 4.90 Å². The summed E-state index contributed by atoms with van der Waals surface area (Å²) in [4.78, 5) is 25.1. The van der Waals surface area contributed by atoms with E-state index in [-0.39, 0.29) is 6.54 Å². The van der Waals surface area contributed by atoms with Gasteiger partial charge in [0.25, 0.3) is 11.7 Å². The number of rotatable bonds is 2. The van der Waals surface area contributed by atoms with Crippen LogP contribution in [0, 0.1) is 0 Å². The molecule has 0 bridgehead atoms. The zero-order valence-electron chi connectivity index (χ0n) is 9.70. The van der Waals surface area contributed by atoms with Gasteiger partial charge in [-0.05, 0) is 12.1 Å². The van der Waals surface area contributed by atoms with Gasteiger partial charge in [-0.1, -0.05) is 17.3 Å². The van der Waals surface area contributed by atoms with Crippen molar-refractivity contribution < 1.29 is 9.59 Å². The van der Waals surface area contributed by atoms with Crippen LogP contribution in [0.4, 0.5) is 5.69 Å². The summed E-state index contributed by atoms with van der Waals surface area (Å²) < 4.78 is 1.56. The van der Waals surface area contributed by atoms with Gasteiger partial charge in [0.05, 0.1) is 17.8 Å². The lowest BCUT2D eigenvalue weighted by atomic mass is 10.1. The molecule has 6 nitrogen and oxygen atoms in total. The zero-order chi connectivity index (χ0) is 12.7. The van der Waals surface area contributed by atoms with Crippen LogP contribution in [0.2, 0.25) is 0 Å². The SMILES string of the molecule is Cn1cc(CN2C(=O)C(=O)c3ccccc32)nn1. The zero-order valence-corrected chi connectivity index (χ0v) is 9.70. The smallest absolute Gasteiger partial charge is 0.299 e. The molecule has 0 radical (unpaired) electrons. The summed E-state index contributed by atoms with van der Waals surface area (Å²) in [6.45, 7) is 0.259. The number of amides is 1. The van der Waals surface area contributed by atoms with Crippen LogP contribution in [0.1, 0.15) is 16.1 Å². The molecule has 3 rings (SSSR count). The topological polar surface area (TPSA) is 68.1 Å². The number of aromatic nitrogens is 3. The predicted octanol–water partition coefficient (Wildman–Crippen LogP) is 0.545. The van der Waals surface area contributed by atoms with Crippen molar-refractivity contribution in [3.05, 3.63) is 41.7 Å². The fraction of sp³-hybridized carbons (Fsp3) is 0.167. The van der Waals surface area contributed by atoms with E-state index in [9.17, 15) is 9.59 Å². The van der Waals surface area contributed by atoms with Crippen LogP contribution in [0.25, 0.3) is 0 Å². The van der Waals surface area contributed by atoms with Crippen LogP contribution in [0.15, 0.2) is 30.5 Å². The lowest BCUT2D eigenvalue weighted by molar-refractivity contribution is -0.114. The number of para-hydroxylation sites is 1. The van der Waals surface area contributed by atoms with E-state index in [0.717, 1.165) is 0 Å². The number of benzene rings is 1. The van der Waals surface area contributed by atoms with Gasteiger partial charge in [0.15, 0.2) is 0 Å². The molecule has 0 atom stereocenters. The third-order valence-electron chi connectivity index (χ3n) is 2.85. The third kappa shape index (κ3) is 1.50. The monoisotopic (exact) mass is 242 g/mol. The van der Waals surface area contributed by atoms with E-state index in [1.807, 2.05) is 0 Å². The number of hydrogen-bond donors (Lipinski definition) is 0. The second kappa shape index (κ2) is 3.76. The number of nitrogens with zero attached hydrogens (tertiary/aromatic N) is 4. The number of fused-ring (bicyclic) bond motifs is 1. The van der Waals surface area contributed by atoms with Crippen molar-refractivity contribution in [1.82, 2.24) is 15.0 Å². The number of hydrogen-bond acceptors (Lipinski definition) is 4.